The fraction of sp³-hybridized carbons (Fsp3) is 0.182. The third-order valence-electron chi connectivity index (χ3n) is 1.88. The zero-order valence-corrected chi connectivity index (χ0v) is 8.37. The number of hydrogen-bond donors (Lipinski definition) is 1. The molecule has 0 heterocycles. The topological polar surface area (TPSA) is 37.3 Å². The van der Waals surface area contributed by atoms with E-state index in [1.165, 1.54) is 6.08 Å². The number of halogens is 1. The Labute approximate surface area is 87.8 Å². The Balaban J connectivity index is 2.69. The van der Waals surface area contributed by atoms with Crippen LogP contribution in [0.5, 0.6) is 0 Å². The van der Waals surface area contributed by atoms with Crippen LogP contribution in [-0.2, 0) is 4.79 Å². The van der Waals surface area contributed by atoms with Gasteiger partial charge in [0.1, 0.15) is 0 Å². The van der Waals surface area contributed by atoms with Crippen LogP contribution in [0.15, 0.2) is 36.9 Å². The third-order valence-corrected chi connectivity index (χ3v) is 2.13. The number of benzene rings is 1. The zero-order valence-electron chi connectivity index (χ0n) is 7.61. The van der Waals surface area contributed by atoms with Crippen LogP contribution in [0.25, 0.3) is 0 Å². The van der Waals surface area contributed by atoms with E-state index in [1.807, 2.05) is 0 Å². The Kier molecular flexibility index (Phi) is 3.86. The molecule has 3 heteroatoms. The van der Waals surface area contributed by atoms with Crippen LogP contribution >= 0.6 is 11.6 Å². The molecule has 0 aliphatic heterocycles. The average Bonchev–Trinajstić information content (AvgIpc) is 2.18. The second-order valence-corrected chi connectivity index (χ2v) is 3.38. The number of hydrogen-bond acceptors (Lipinski definition) is 2. The first kappa shape index (κ1) is 11.0. The van der Waals surface area contributed by atoms with Gasteiger partial charge in [-0.25, -0.2) is 0 Å². The van der Waals surface area contributed by atoms with E-state index in [9.17, 15) is 9.90 Å². The number of ketones is 1. The van der Waals surface area contributed by atoms with E-state index in [1.54, 1.807) is 24.3 Å². The summed E-state index contributed by atoms with van der Waals surface area (Å²) >= 11 is 5.68. The lowest BCUT2D eigenvalue weighted by atomic mass is 10.0. The molecule has 2 nitrogen and oxygen atoms in total. The molecule has 14 heavy (non-hydrogen) atoms. The second-order valence-electron chi connectivity index (χ2n) is 2.94. The minimum absolute atomic E-state index is 0.0606. The lowest BCUT2D eigenvalue weighted by Crippen LogP contribution is -2.03. The molecule has 0 unspecified atom stereocenters. The van der Waals surface area contributed by atoms with Crippen molar-refractivity contribution < 1.29 is 9.90 Å². The minimum atomic E-state index is -0.780. The molecule has 0 aliphatic carbocycles. The van der Waals surface area contributed by atoms with Crippen LogP contribution in [0.4, 0.5) is 0 Å². The van der Waals surface area contributed by atoms with E-state index < -0.39 is 6.10 Å². The van der Waals surface area contributed by atoms with Crippen molar-refractivity contribution in [2.24, 2.45) is 0 Å². The molecule has 1 aromatic carbocycles. The Morgan fingerprint density at radius 1 is 1.50 bits per heavy atom. The predicted octanol–water partition coefficient (Wildman–Crippen LogP) is 2.52. The van der Waals surface area contributed by atoms with Crippen LogP contribution in [-0.4, -0.2) is 10.9 Å². The summed E-state index contributed by atoms with van der Waals surface area (Å²) < 4.78 is 0. The minimum Gasteiger partial charge on any atom is -0.388 e. The monoisotopic (exact) mass is 210 g/mol. The van der Waals surface area contributed by atoms with Gasteiger partial charge < -0.3 is 5.11 Å². The van der Waals surface area contributed by atoms with Gasteiger partial charge in [0.2, 0.25) is 0 Å². The molecule has 0 amide bonds. The Bertz CT molecular complexity index is 330. The first-order valence-corrected chi connectivity index (χ1v) is 4.60. The summed E-state index contributed by atoms with van der Waals surface area (Å²) in [7, 11) is 0. The van der Waals surface area contributed by atoms with Crippen LogP contribution in [0, 0.1) is 0 Å². The maximum atomic E-state index is 11.0. The van der Waals surface area contributed by atoms with Crippen LogP contribution in [0.2, 0.25) is 5.02 Å². The first-order chi connectivity index (χ1) is 6.63. The van der Waals surface area contributed by atoms with Crippen molar-refractivity contribution >= 4 is 17.4 Å². The number of carbonyl (C=O) groups is 1. The summed E-state index contributed by atoms with van der Waals surface area (Å²) in [5.41, 5.74) is 0.685. The smallest absolute Gasteiger partial charge is 0.158 e. The Hall–Kier alpha value is -1.12. The lowest BCUT2D eigenvalue weighted by Gasteiger charge is -2.08. The van der Waals surface area contributed by atoms with Gasteiger partial charge in [-0.2, -0.15) is 0 Å². The molecule has 1 aromatic rings. The molecule has 0 bridgehead atoms. The molecule has 0 radical (unpaired) electrons. The van der Waals surface area contributed by atoms with Gasteiger partial charge in [-0.15, -0.1) is 0 Å². The number of carbonyl (C=O) groups excluding carboxylic acids is 1. The summed E-state index contributed by atoms with van der Waals surface area (Å²) in [6.45, 7) is 3.34. The van der Waals surface area contributed by atoms with Crippen molar-refractivity contribution in [2.45, 2.75) is 12.5 Å². The van der Waals surface area contributed by atoms with E-state index in [0.29, 0.717) is 10.6 Å². The molecular weight excluding hydrogens is 200 g/mol. The highest BCUT2D eigenvalue weighted by Crippen LogP contribution is 2.19. The van der Waals surface area contributed by atoms with Gasteiger partial charge in [-0.1, -0.05) is 30.3 Å². The molecule has 0 spiro atoms. The first-order valence-electron chi connectivity index (χ1n) is 4.22. The molecule has 74 valence electrons. The Morgan fingerprint density at radius 2 is 2.07 bits per heavy atom. The summed E-state index contributed by atoms with van der Waals surface area (Å²) in [4.78, 5) is 11.0. The molecular formula is C11H11ClO2. The van der Waals surface area contributed by atoms with E-state index >= 15 is 0 Å². The maximum absolute atomic E-state index is 11.0. The van der Waals surface area contributed by atoms with Crippen LogP contribution in [0.1, 0.15) is 18.1 Å². The molecule has 0 fully saturated rings. The van der Waals surface area contributed by atoms with Crippen molar-refractivity contribution in [3.8, 4) is 0 Å². The number of allylic oxidation sites excluding steroid dienone is 1. The molecule has 1 rings (SSSR count). The van der Waals surface area contributed by atoms with Gasteiger partial charge in [0.15, 0.2) is 5.78 Å². The SMILES string of the molecule is C=CC(=O)C[C@@H](O)c1ccc(Cl)cc1. The Morgan fingerprint density at radius 3 is 2.57 bits per heavy atom. The quantitative estimate of drug-likeness (QED) is 0.776. The number of rotatable bonds is 4. The van der Waals surface area contributed by atoms with Crippen molar-refractivity contribution in [3.05, 3.63) is 47.5 Å². The maximum Gasteiger partial charge on any atom is 0.158 e. The molecule has 0 saturated heterocycles. The largest absolute Gasteiger partial charge is 0.388 e. The van der Waals surface area contributed by atoms with Crippen molar-refractivity contribution in [1.82, 2.24) is 0 Å². The summed E-state index contributed by atoms with van der Waals surface area (Å²) in [6, 6.07) is 6.75. The molecule has 0 aromatic heterocycles. The van der Waals surface area contributed by atoms with Crippen molar-refractivity contribution in [1.29, 1.82) is 0 Å². The van der Waals surface area contributed by atoms with Gasteiger partial charge in [0.05, 0.1) is 6.10 Å². The average molecular weight is 211 g/mol. The van der Waals surface area contributed by atoms with Gasteiger partial charge in [0, 0.05) is 11.4 Å². The fourth-order valence-electron chi connectivity index (χ4n) is 1.08. The van der Waals surface area contributed by atoms with Gasteiger partial charge in [-0.3, -0.25) is 4.79 Å². The summed E-state index contributed by atoms with van der Waals surface area (Å²) in [5, 5.41) is 10.2. The van der Waals surface area contributed by atoms with Crippen molar-refractivity contribution in [2.75, 3.05) is 0 Å². The van der Waals surface area contributed by atoms with E-state index in [0.717, 1.165) is 0 Å². The number of aliphatic hydroxyl groups is 1. The highest BCUT2D eigenvalue weighted by Gasteiger charge is 2.10. The fourth-order valence-corrected chi connectivity index (χ4v) is 1.20. The zero-order chi connectivity index (χ0) is 10.6. The highest BCUT2D eigenvalue weighted by atomic mass is 35.5. The lowest BCUT2D eigenvalue weighted by molar-refractivity contribution is -0.116. The van der Waals surface area contributed by atoms with E-state index in [-0.39, 0.29) is 12.2 Å². The molecule has 1 atom stereocenters. The second kappa shape index (κ2) is 4.94. The van der Waals surface area contributed by atoms with E-state index in [4.69, 9.17) is 11.6 Å². The van der Waals surface area contributed by atoms with E-state index in [2.05, 4.69) is 6.58 Å². The van der Waals surface area contributed by atoms with Crippen molar-refractivity contribution in [3.63, 3.8) is 0 Å². The summed E-state index contributed by atoms with van der Waals surface area (Å²) in [5.74, 6) is -0.174. The van der Waals surface area contributed by atoms with Gasteiger partial charge in [0.25, 0.3) is 0 Å². The molecule has 0 saturated carbocycles. The number of aliphatic hydroxyl groups excluding tert-OH is 1. The molecule has 0 aliphatic rings. The van der Waals surface area contributed by atoms with Crippen LogP contribution < -0.4 is 0 Å². The predicted molar refractivity (Wildman–Crippen MR) is 56.2 cm³/mol. The van der Waals surface area contributed by atoms with Gasteiger partial charge in [-0.05, 0) is 23.8 Å². The standard InChI is InChI=1S/C11H11ClO2/c1-2-10(13)7-11(14)8-3-5-9(12)6-4-8/h2-6,11,14H,1,7H2/t11-/m1/s1. The highest BCUT2D eigenvalue weighted by molar-refractivity contribution is 6.30. The normalized spacial score (nSPS) is 12.1. The molecule has 1 N–H and O–H groups in total. The van der Waals surface area contributed by atoms with Crippen LogP contribution in [0.3, 0.4) is 0 Å². The van der Waals surface area contributed by atoms with Gasteiger partial charge >= 0.3 is 0 Å². The third kappa shape index (κ3) is 2.98. The summed E-state index contributed by atoms with van der Waals surface area (Å²) in [6.07, 6.45) is 0.488.